The lowest BCUT2D eigenvalue weighted by Crippen LogP contribution is -2.18. The maximum atomic E-state index is 12.0. The van der Waals surface area contributed by atoms with Crippen LogP contribution < -0.4 is 0 Å². The van der Waals surface area contributed by atoms with Crippen molar-refractivity contribution < 1.29 is 13.7 Å². The molecule has 0 fully saturated rings. The average molecular weight is 298 g/mol. The van der Waals surface area contributed by atoms with Crippen LogP contribution in [0.1, 0.15) is 10.4 Å². The first kappa shape index (κ1) is 13.8. The quantitative estimate of drug-likeness (QED) is 0.818. The van der Waals surface area contributed by atoms with Crippen LogP contribution in [-0.4, -0.2) is 22.0 Å². The van der Waals surface area contributed by atoms with Crippen molar-refractivity contribution in [3.63, 3.8) is 0 Å². The molecule has 0 aliphatic carbocycles. The summed E-state index contributed by atoms with van der Waals surface area (Å²) < 4.78 is 16.5. The highest BCUT2D eigenvalue weighted by Crippen LogP contribution is 2.20. The van der Waals surface area contributed by atoms with E-state index < -0.39 is 10.8 Å². The Hall–Kier alpha value is -2.20. The van der Waals surface area contributed by atoms with Crippen molar-refractivity contribution in [3.05, 3.63) is 71.6 Å². The summed E-state index contributed by atoms with van der Waals surface area (Å²) in [6.07, 6.45) is 1.29. The van der Waals surface area contributed by atoms with E-state index in [4.69, 9.17) is 4.74 Å². The lowest BCUT2D eigenvalue weighted by molar-refractivity contribution is 0.0434. The topological polar surface area (TPSA) is 43.4 Å². The molecule has 0 aromatic heterocycles. The molecule has 0 N–H and O–H groups in total. The number of benzene rings is 2. The van der Waals surface area contributed by atoms with Gasteiger partial charge in [0.1, 0.15) is 6.10 Å². The zero-order chi connectivity index (χ0) is 14.7. The van der Waals surface area contributed by atoms with Gasteiger partial charge in [-0.1, -0.05) is 42.5 Å². The van der Waals surface area contributed by atoms with Crippen LogP contribution in [0.2, 0.25) is 0 Å². The Morgan fingerprint density at radius 2 is 1.67 bits per heavy atom. The second kappa shape index (κ2) is 6.06. The fraction of sp³-hybridized carbons (Fsp3) is 0.118. The van der Waals surface area contributed by atoms with Gasteiger partial charge in [-0.25, -0.2) is 4.79 Å². The summed E-state index contributed by atoms with van der Waals surface area (Å²) in [5.41, 5.74) is 2.65. The molecule has 0 amide bonds. The number of rotatable bonds is 3. The van der Waals surface area contributed by atoms with Gasteiger partial charge in [-0.2, -0.15) is 0 Å². The Kier molecular flexibility index (Phi) is 3.97. The van der Waals surface area contributed by atoms with Crippen molar-refractivity contribution in [1.82, 2.24) is 0 Å². The minimum absolute atomic E-state index is 0.355. The summed E-state index contributed by atoms with van der Waals surface area (Å²) in [7, 11) is -1.01. The van der Waals surface area contributed by atoms with Gasteiger partial charge in [0.2, 0.25) is 0 Å². The third-order valence-electron chi connectivity index (χ3n) is 3.26. The van der Waals surface area contributed by atoms with Crippen LogP contribution in [-0.2, 0) is 15.5 Å². The van der Waals surface area contributed by atoms with Gasteiger partial charge in [0.05, 0.1) is 11.3 Å². The molecule has 1 aliphatic rings. The Labute approximate surface area is 125 Å². The molecule has 2 aromatic rings. The predicted octanol–water partition coefficient (Wildman–Crippen LogP) is 3.16. The monoisotopic (exact) mass is 298 g/mol. The summed E-state index contributed by atoms with van der Waals surface area (Å²) in [5, 5.41) is 1.57. The van der Waals surface area contributed by atoms with Crippen LogP contribution in [0.25, 0.3) is 11.1 Å². The van der Waals surface area contributed by atoms with E-state index in [9.17, 15) is 9.00 Å². The van der Waals surface area contributed by atoms with Gasteiger partial charge in [0.15, 0.2) is 0 Å². The minimum atomic E-state index is -1.01. The predicted molar refractivity (Wildman–Crippen MR) is 83.2 cm³/mol. The molecule has 0 saturated heterocycles. The molecule has 2 unspecified atom stereocenters. The fourth-order valence-electron chi connectivity index (χ4n) is 2.16. The van der Waals surface area contributed by atoms with E-state index in [1.54, 1.807) is 23.6 Å². The second-order valence-corrected chi connectivity index (χ2v) is 6.13. The molecule has 2 aromatic carbocycles. The van der Waals surface area contributed by atoms with Crippen molar-refractivity contribution in [2.24, 2.45) is 0 Å². The molecule has 3 rings (SSSR count). The molecule has 0 radical (unpaired) electrons. The van der Waals surface area contributed by atoms with Crippen molar-refractivity contribution in [2.45, 2.75) is 6.10 Å². The lowest BCUT2D eigenvalue weighted by Gasteiger charge is -2.09. The first-order valence-electron chi connectivity index (χ1n) is 6.64. The summed E-state index contributed by atoms with van der Waals surface area (Å²) in [6, 6.07) is 17.3. The van der Waals surface area contributed by atoms with Crippen LogP contribution >= 0.6 is 0 Å². The SMILES string of the molecule is O=C(OC1C=CS(=O)C1)c1ccc(-c2ccccc2)cc1. The fourth-order valence-corrected chi connectivity index (χ4v) is 3.12. The van der Waals surface area contributed by atoms with E-state index in [0.717, 1.165) is 11.1 Å². The number of ether oxygens (including phenoxy) is 1. The molecule has 106 valence electrons. The Morgan fingerprint density at radius 1 is 1.00 bits per heavy atom. The average Bonchev–Trinajstić information content (AvgIpc) is 2.93. The van der Waals surface area contributed by atoms with Crippen molar-refractivity contribution in [1.29, 1.82) is 0 Å². The zero-order valence-corrected chi connectivity index (χ0v) is 12.1. The van der Waals surface area contributed by atoms with E-state index in [1.165, 1.54) is 0 Å². The van der Waals surface area contributed by atoms with Crippen molar-refractivity contribution in [2.75, 3.05) is 5.75 Å². The van der Waals surface area contributed by atoms with Crippen LogP contribution in [0.15, 0.2) is 66.1 Å². The molecule has 1 aliphatic heterocycles. The normalized spacial score (nSPS) is 20.4. The molecule has 21 heavy (non-hydrogen) atoms. The molecule has 0 bridgehead atoms. The van der Waals surface area contributed by atoms with E-state index in [-0.39, 0.29) is 12.1 Å². The molecule has 2 atom stereocenters. The van der Waals surface area contributed by atoms with E-state index in [0.29, 0.717) is 11.3 Å². The number of carbonyl (C=O) groups is 1. The van der Waals surface area contributed by atoms with Gasteiger partial charge in [-0.3, -0.25) is 4.21 Å². The van der Waals surface area contributed by atoms with Crippen LogP contribution in [0.3, 0.4) is 0 Å². The van der Waals surface area contributed by atoms with Gasteiger partial charge in [0, 0.05) is 16.2 Å². The molecular formula is C17H14O3S. The van der Waals surface area contributed by atoms with Crippen LogP contribution in [0, 0.1) is 0 Å². The van der Waals surface area contributed by atoms with Gasteiger partial charge in [-0.15, -0.1) is 0 Å². The number of hydrogen-bond donors (Lipinski definition) is 0. The van der Waals surface area contributed by atoms with Crippen LogP contribution in [0.5, 0.6) is 0 Å². The highest BCUT2D eigenvalue weighted by Gasteiger charge is 2.19. The lowest BCUT2D eigenvalue weighted by atomic mass is 10.0. The maximum absolute atomic E-state index is 12.0. The smallest absolute Gasteiger partial charge is 0.338 e. The standard InChI is InChI=1S/C17H14O3S/c18-17(20-16-10-11-21(19)12-16)15-8-6-14(7-9-15)13-4-2-1-3-5-13/h1-11,16H,12H2. The number of esters is 1. The molecule has 0 saturated carbocycles. The Balaban J connectivity index is 1.71. The van der Waals surface area contributed by atoms with Gasteiger partial charge < -0.3 is 4.74 Å². The highest BCUT2D eigenvalue weighted by atomic mass is 32.2. The maximum Gasteiger partial charge on any atom is 0.338 e. The first-order chi connectivity index (χ1) is 10.2. The number of carbonyl (C=O) groups excluding carboxylic acids is 1. The molecule has 3 nitrogen and oxygen atoms in total. The van der Waals surface area contributed by atoms with E-state index in [2.05, 4.69) is 0 Å². The van der Waals surface area contributed by atoms with E-state index >= 15 is 0 Å². The van der Waals surface area contributed by atoms with E-state index in [1.807, 2.05) is 42.5 Å². The molecule has 1 heterocycles. The minimum Gasteiger partial charge on any atom is -0.454 e. The Morgan fingerprint density at radius 3 is 2.29 bits per heavy atom. The van der Waals surface area contributed by atoms with Crippen LogP contribution in [0.4, 0.5) is 0 Å². The summed E-state index contributed by atoms with van der Waals surface area (Å²) in [6.45, 7) is 0. The molecule has 4 heteroatoms. The van der Waals surface area contributed by atoms with Gasteiger partial charge >= 0.3 is 5.97 Å². The number of hydrogen-bond acceptors (Lipinski definition) is 3. The summed E-state index contributed by atoms with van der Waals surface area (Å²) >= 11 is 0. The highest BCUT2D eigenvalue weighted by molar-refractivity contribution is 7.88. The van der Waals surface area contributed by atoms with Crippen molar-refractivity contribution in [3.8, 4) is 11.1 Å². The van der Waals surface area contributed by atoms with Crippen molar-refractivity contribution >= 4 is 16.8 Å². The second-order valence-electron chi connectivity index (χ2n) is 4.76. The largest absolute Gasteiger partial charge is 0.454 e. The van der Waals surface area contributed by atoms with Gasteiger partial charge in [0.25, 0.3) is 0 Å². The zero-order valence-electron chi connectivity index (χ0n) is 11.3. The third kappa shape index (κ3) is 3.28. The summed E-state index contributed by atoms with van der Waals surface area (Å²) in [4.78, 5) is 12.0. The Bertz CT molecular complexity index is 690. The third-order valence-corrected chi connectivity index (χ3v) is 4.38. The summed E-state index contributed by atoms with van der Waals surface area (Å²) in [5.74, 6) is -0.0310. The molecule has 0 spiro atoms. The van der Waals surface area contributed by atoms with Gasteiger partial charge in [-0.05, 0) is 29.3 Å². The molecular weight excluding hydrogens is 284 g/mol. The first-order valence-corrected chi connectivity index (χ1v) is 8.02.